The SMILES string of the molecule is O=C(NCc1ccc2c(c1)OCO2)c1ccc(Oc2nccnc2N2CCCCC2)cc1. The van der Waals surface area contributed by atoms with Gasteiger partial charge in [0.15, 0.2) is 17.3 Å². The van der Waals surface area contributed by atoms with Crippen molar-refractivity contribution >= 4 is 11.7 Å². The first-order chi connectivity index (χ1) is 15.8. The van der Waals surface area contributed by atoms with Gasteiger partial charge in [0.1, 0.15) is 5.75 Å². The second-order valence-electron chi connectivity index (χ2n) is 7.73. The molecular weight excluding hydrogens is 408 g/mol. The predicted molar refractivity (Wildman–Crippen MR) is 118 cm³/mol. The van der Waals surface area contributed by atoms with E-state index in [-0.39, 0.29) is 12.7 Å². The number of fused-ring (bicyclic) bond motifs is 1. The lowest BCUT2D eigenvalue weighted by Crippen LogP contribution is -2.30. The fourth-order valence-electron chi connectivity index (χ4n) is 3.83. The van der Waals surface area contributed by atoms with Crippen LogP contribution in [0.2, 0.25) is 0 Å². The monoisotopic (exact) mass is 432 g/mol. The fraction of sp³-hybridized carbons (Fsp3) is 0.292. The maximum absolute atomic E-state index is 12.5. The highest BCUT2D eigenvalue weighted by molar-refractivity contribution is 5.94. The van der Waals surface area contributed by atoms with Gasteiger partial charge >= 0.3 is 0 Å². The summed E-state index contributed by atoms with van der Waals surface area (Å²) >= 11 is 0. The van der Waals surface area contributed by atoms with E-state index in [9.17, 15) is 4.79 Å². The summed E-state index contributed by atoms with van der Waals surface area (Å²) < 4.78 is 16.7. The highest BCUT2D eigenvalue weighted by Gasteiger charge is 2.18. The Morgan fingerprint density at radius 1 is 0.969 bits per heavy atom. The maximum atomic E-state index is 12.5. The van der Waals surface area contributed by atoms with Gasteiger partial charge in [-0.15, -0.1) is 0 Å². The lowest BCUT2D eigenvalue weighted by molar-refractivity contribution is 0.0951. The smallest absolute Gasteiger partial charge is 0.263 e. The number of rotatable bonds is 6. The number of amides is 1. The van der Waals surface area contributed by atoms with Crippen LogP contribution in [-0.4, -0.2) is 35.8 Å². The van der Waals surface area contributed by atoms with Crippen molar-refractivity contribution in [1.29, 1.82) is 0 Å². The highest BCUT2D eigenvalue weighted by Crippen LogP contribution is 2.32. The Labute approximate surface area is 186 Å². The van der Waals surface area contributed by atoms with Crippen molar-refractivity contribution in [2.24, 2.45) is 0 Å². The van der Waals surface area contributed by atoms with Gasteiger partial charge in [0.2, 0.25) is 6.79 Å². The molecule has 0 atom stereocenters. The molecule has 0 spiro atoms. The molecule has 0 aliphatic carbocycles. The number of carbonyl (C=O) groups excluding carboxylic acids is 1. The lowest BCUT2D eigenvalue weighted by atomic mass is 10.1. The van der Waals surface area contributed by atoms with Crippen LogP contribution >= 0.6 is 0 Å². The normalized spacial score (nSPS) is 14.8. The number of carbonyl (C=O) groups is 1. The minimum Gasteiger partial charge on any atom is -0.454 e. The summed E-state index contributed by atoms with van der Waals surface area (Å²) in [5.41, 5.74) is 1.49. The summed E-state index contributed by atoms with van der Waals surface area (Å²) in [6, 6.07) is 12.6. The fourth-order valence-corrected chi connectivity index (χ4v) is 3.83. The molecule has 1 N–H and O–H groups in total. The zero-order chi connectivity index (χ0) is 21.8. The minimum atomic E-state index is -0.164. The number of ether oxygens (including phenoxy) is 3. The van der Waals surface area contributed by atoms with Crippen LogP contribution in [0.1, 0.15) is 35.2 Å². The van der Waals surface area contributed by atoms with Gasteiger partial charge in [-0.25, -0.2) is 9.97 Å². The standard InChI is InChI=1S/C24H24N4O4/c29-23(27-15-17-4-9-20-21(14-17)31-16-30-20)18-5-7-19(8-6-18)32-24-22(25-10-11-26-24)28-12-2-1-3-13-28/h4-11,14H,1-3,12-13,15-16H2,(H,27,29). The highest BCUT2D eigenvalue weighted by atomic mass is 16.7. The number of hydrogen-bond acceptors (Lipinski definition) is 7. The van der Waals surface area contributed by atoms with Gasteiger partial charge in [-0.2, -0.15) is 0 Å². The van der Waals surface area contributed by atoms with Crippen LogP contribution in [0, 0.1) is 0 Å². The zero-order valence-corrected chi connectivity index (χ0v) is 17.6. The molecule has 2 aliphatic rings. The summed E-state index contributed by atoms with van der Waals surface area (Å²) in [4.78, 5) is 23.6. The van der Waals surface area contributed by atoms with Crippen molar-refractivity contribution in [1.82, 2.24) is 15.3 Å². The molecular formula is C24H24N4O4. The first-order valence-corrected chi connectivity index (χ1v) is 10.8. The van der Waals surface area contributed by atoms with Gasteiger partial charge in [0.05, 0.1) is 0 Å². The van der Waals surface area contributed by atoms with Crippen LogP contribution in [0.15, 0.2) is 54.9 Å². The van der Waals surface area contributed by atoms with Gasteiger partial charge in [-0.1, -0.05) is 6.07 Å². The summed E-state index contributed by atoms with van der Waals surface area (Å²) in [7, 11) is 0. The third-order valence-corrected chi connectivity index (χ3v) is 5.52. The van der Waals surface area contributed by atoms with Crippen LogP contribution in [-0.2, 0) is 6.54 Å². The molecule has 1 saturated heterocycles. The quantitative estimate of drug-likeness (QED) is 0.632. The van der Waals surface area contributed by atoms with E-state index >= 15 is 0 Å². The van der Waals surface area contributed by atoms with Crippen LogP contribution < -0.4 is 24.4 Å². The lowest BCUT2D eigenvalue weighted by Gasteiger charge is -2.28. The molecule has 1 fully saturated rings. The molecule has 3 aromatic rings. The first-order valence-electron chi connectivity index (χ1n) is 10.8. The molecule has 2 aliphatic heterocycles. The summed E-state index contributed by atoms with van der Waals surface area (Å²) in [6.07, 6.45) is 6.84. The minimum absolute atomic E-state index is 0.164. The third-order valence-electron chi connectivity index (χ3n) is 5.52. The Morgan fingerprint density at radius 3 is 2.59 bits per heavy atom. The molecule has 3 heterocycles. The molecule has 0 unspecified atom stereocenters. The summed E-state index contributed by atoms with van der Waals surface area (Å²) in [5, 5.41) is 2.92. The number of nitrogens with zero attached hydrogens (tertiary/aromatic N) is 3. The molecule has 0 bridgehead atoms. The van der Waals surface area contributed by atoms with Crippen LogP contribution in [0.5, 0.6) is 23.1 Å². The number of piperidine rings is 1. The van der Waals surface area contributed by atoms with Gasteiger partial charge in [-0.05, 0) is 61.2 Å². The van der Waals surface area contributed by atoms with E-state index in [0.29, 0.717) is 29.5 Å². The Hall–Kier alpha value is -3.81. The predicted octanol–water partition coefficient (Wildman–Crippen LogP) is 3.92. The van der Waals surface area contributed by atoms with E-state index in [1.165, 1.54) is 6.42 Å². The molecule has 8 heteroatoms. The van der Waals surface area contributed by atoms with E-state index in [1.807, 2.05) is 18.2 Å². The van der Waals surface area contributed by atoms with Crippen molar-refractivity contribution in [3.05, 3.63) is 66.0 Å². The van der Waals surface area contributed by atoms with E-state index in [2.05, 4.69) is 20.2 Å². The van der Waals surface area contributed by atoms with Crippen molar-refractivity contribution in [2.75, 3.05) is 24.8 Å². The summed E-state index contributed by atoms with van der Waals surface area (Å²) in [5.74, 6) is 3.11. The second kappa shape index (κ2) is 9.13. The Morgan fingerprint density at radius 2 is 1.75 bits per heavy atom. The van der Waals surface area contributed by atoms with E-state index in [0.717, 1.165) is 43.1 Å². The molecule has 5 rings (SSSR count). The maximum Gasteiger partial charge on any atom is 0.263 e. The Bertz CT molecular complexity index is 1100. The third kappa shape index (κ3) is 4.44. The van der Waals surface area contributed by atoms with Gasteiger partial charge in [-0.3, -0.25) is 4.79 Å². The van der Waals surface area contributed by atoms with Crippen LogP contribution in [0.4, 0.5) is 5.82 Å². The van der Waals surface area contributed by atoms with E-state index in [1.54, 1.807) is 36.7 Å². The average Bonchev–Trinajstić information content (AvgIpc) is 3.32. The van der Waals surface area contributed by atoms with Gasteiger partial charge in [0, 0.05) is 37.6 Å². The number of anilines is 1. The second-order valence-corrected chi connectivity index (χ2v) is 7.73. The van der Waals surface area contributed by atoms with Gasteiger partial charge < -0.3 is 24.4 Å². The molecule has 0 radical (unpaired) electrons. The van der Waals surface area contributed by atoms with Crippen molar-refractivity contribution < 1.29 is 19.0 Å². The number of aromatic nitrogens is 2. The largest absolute Gasteiger partial charge is 0.454 e. The van der Waals surface area contributed by atoms with Crippen molar-refractivity contribution in [2.45, 2.75) is 25.8 Å². The molecule has 2 aromatic carbocycles. The van der Waals surface area contributed by atoms with Crippen molar-refractivity contribution in [3.8, 4) is 23.1 Å². The molecule has 164 valence electrons. The Balaban J connectivity index is 1.21. The molecule has 1 aromatic heterocycles. The summed E-state index contributed by atoms with van der Waals surface area (Å²) in [6.45, 7) is 2.54. The molecule has 1 amide bonds. The zero-order valence-electron chi connectivity index (χ0n) is 17.6. The van der Waals surface area contributed by atoms with Crippen LogP contribution in [0.25, 0.3) is 0 Å². The van der Waals surface area contributed by atoms with Crippen LogP contribution in [0.3, 0.4) is 0 Å². The van der Waals surface area contributed by atoms with Gasteiger partial charge in [0.25, 0.3) is 11.8 Å². The number of benzene rings is 2. The topological polar surface area (TPSA) is 85.8 Å². The molecule has 32 heavy (non-hydrogen) atoms. The number of hydrogen-bond donors (Lipinski definition) is 1. The average molecular weight is 432 g/mol. The van der Waals surface area contributed by atoms with E-state index in [4.69, 9.17) is 14.2 Å². The number of nitrogens with one attached hydrogen (secondary N) is 1. The van der Waals surface area contributed by atoms with E-state index < -0.39 is 0 Å². The molecule has 8 nitrogen and oxygen atoms in total. The first kappa shape index (κ1) is 20.1. The molecule has 0 saturated carbocycles. The van der Waals surface area contributed by atoms with Crippen molar-refractivity contribution in [3.63, 3.8) is 0 Å². The Kier molecular flexibility index (Phi) is 5.74.